The topological polar surface area (TPSA) is 46.0 Å². The first-order valence-corrected chi connectivity index (χ1v) is 7.30. The molecule has 2 aromatic rings. The first-order valence-electron chi connectivity index (χ1n) is 6.42. The van der Waals surface area contributed by atoms with Crippen molar-refractivity contribution in [3.8, 4) is 0 Å². The Morgan fingerprint density at radius 1 is 1.37 bits per heavy atom. The van der Waals surface area contributed by atoms with Gasteiger partial charge < -0.3 is 5.11 Å². The van der Waals surface area contributed by atoms with Crippen molar-refractivity contribution in [2.24, 2.45) is 0 Å². The molecule has 0 aliphatic carbocycles. The maximum atomic E-state index is 10.3. The van der Waals surface area contributed by atoms with Crippen molar-refractivity contribution in [1.29, 1.82) is 0 Å². The lowest BCUT2D eigenvalue weighted by molar-refractivity contribution is 0.177. The normalized spacial score (nSPS) is 13.5. The fraction of sp³-hybridized carbons (Fsp3) is 0.467. The standard InChI is InChI=1S/C15H20N2OS/c1-10-11(6-5-7-16-10)12(18)8-14-17-13(9-19-14)15(2,3)4/h5-7,9,12,18H,8H2,1-4H3. The van der Waals surface area contributed by atoms with E-state index in [4.69, 9.17) is 0 Å². The van der Waals surface area contributed by atoms with Crippen molar-refractivity contribution >= 4 is 11.3 Å². The summed E-state index contributed by atoms with van der Waals surface area (Å²) in [6, 6.07) is 3.78. The minimum Gasteiger partial charge on any atom is -0.388 e. The van der Waals surface area contributed by atoms with Crippen LogP contribution in [0.4, 0.5) is 0 Å². The van der Waals surface area contributed by atoms with Gasteiger partial charge in [-0.2, -0.15) is 0 Å². The first kappa shape index (κ1) is 14.2. The van der Waals surface area contributed by atoms with Crippen molar-refractivity contribution in [2.75, 3.05) is 0 Å². The van der Waals surface area contributed by atoms with Crippen molar-refractivity contribution < 1.29 is 5.11 Å². The van der Waals surface area contributed by atoms with Crippen molar-refractivity contribution in [1.82, 2.24) is 9.97 Å². The average molecular weight is 276 g/mol. The van der Waals surface area contributed by atoms with Gasteiger partial charge in [-0.3, -0.25) is 4.98 Å². The highest BCUT2D eigenvalue weighted by molar-refractivity contribution is 7.09. The monoisotopic (exact) mass is 276 g/mol. The molecule has 2 heterocycles. The summed E-state index contributed by atoms with van der Waals surface area (Å²) in [6.45, 7) is 8.36. The predicted octanol–water partition coefficient (Wildman–Crippen LogP) is 3.42. The number of aryl methyl sites for hydroxylation is 1. The van der Waals surface area contributed by atoms with E-state index in [9.17, 15) is 5.11 Å². The summed E-state index contributed by atoms with van der Waals surface area (Å²) in [7, 11) is 0. The van der Waals surface area contributed by atoms with E-state index in [2.05, 4.69) is 36.1 Å². The maximum absolute atomic E-state index is 10.3. The fourth-order valence-corrected chi connectivity index (χ4v) is 2.93. The zero-order chi connectivity index (χ0) is 14.0. The van der Waals surface area contributed by atoms with Crippen LogP contribution in [0.2, 0.25) is 0 Å². The lowest BCUT2D eigenvalue weighted by Crippen LogP contribution is -2.12. The quantitative estimate of drug-likeness (QED) is 0.934. The number of pyridine rings is 1. The second-order valence-electron chi connectivity index (χ2n) is 5.77. The van der Waals surface area contributed by atoms with Gasteiger partial charge in [-0.25, -0.2) is 4.98 Å². The van der Waals surface area contributed by atoms with Crippen LogP contribution < -0.4 is 0 Å². The number of aromatic nitrogens is 2. The summed E-state index contributed by atoms with van der Waals surface area (Å²) in [5.74, 6) is 0. The molecule has 2 rings (SSSR count). The number of rotatable bonds is 3. The van der Waals surface area contributed by atoms with Crippen LogP contribution in [0, 0.1) is 6.92 Å². The third-order valence-electron chi connectivity index (χ3n) is 3.09. The molecule has 1 N–H and O–H groups in total. The number of hydrogen-bond acceptors (Lipinski definition) is 4. The predicted molar refractivity (Wildman–Crippen MR) is 78.5 cm³/mol. The number of aliphatic hydroxyl groups is 1. The largest absolute Gasteiger partial charge is 0.388 e. The summed E-state index contributed by atoms with van der Waals surface area (Å²) < 4.78 is 0. The van der Waals surface area contributed by atoms with E-state index < -0.39 is 6.10 Å². The molecule has 0 saturated heterocycles. The van der Waals surface area contributed by atoms with Crippen molar-refractivity contribution in [3.63, 3.8) is 0 Å². The molecule has 3 nitrogen and oxygen atoms in total. The van der Waals surface area contributed by atoms with Crippen LogP contribution in [0.15, 0.2) is 23.7 Å². The lowest BCUT2D eigenvalue weighted by Gasteiger charge is -2.14. The molecule has 4 heteroatoms. The van der Waals surface area contributed by atoms with Crippen LogP contribution in [0.25, 0.3) is 0 Å². The van der Waals surface area contributed by atoms with Crippen LogP contribution in [0.5, 0.6) is 0 Å². The van der Waals surface area contributed by atoms with Gasteiger partial charge in [-0.05, 0) is 13.0 Å². The molecule has 0 radical (unpaired) electrons. The highest BCUT2D eigenvalue weighted by atomic mass is 32.1. The van der Waals surface area contributed by atoms with Crippen molar-refractivity contribution in [2.45, 2.75) is 45.6 Å². The molecule has 0 aliphatic heterocycles. The zero-order valence-corrected chi connectivity index (χ0v) is 12.7. The molecule has 1 unspecified atom stereocenters. The molecule has 0 fully saturated rings. The van der Waals surface area contributed by atoms with Gasteiger partial charge in [-0.15, -0.1) is 11.3 Å². The SMILES string of the molecule is Cc1ncccc1C(O)Cc1nc(C(C)(C)C)cs1. The molecular weight excluding hydrogens is 256 g/mol. The first-order chi connectivity index (χ1) is 8.88. The van der Waals surface area contributed by atoms with E-state index in [-0.39, 0.29) is 5.41 Å². The van der Waals surface area contributed by atoms with Gasteiger partial charge in [0.2, 0.25) is 0 Å². The highest BCUT2D eigenvalue weighted by Gasteiger charge is 2.19. The Bertz CT molecular complexity index is 557. The highest BCUT2D eigenvalue weighted by Crippen LogP contribution is 2.27. The van der Waals surface area contributed by atoms with Gasteiger partial charge >= 0.3 is 0 Å². The molecule has 0 bridgehead atoms. The van der Waals surface area contributed by atoms with Gasteiger partial charge in [0, 0.05) is 34.7 Å². The second-order valence-corrected chi connectivity index (χ2v) is 6.72. The van der Waals surface area contributed by atoms with Gasteiger partial charge in [0.25, 0.3) is 0 Å². The molecule has 102 valence electrons. The van der Waals surface area contributed by atoms with E-state index in [1.807, 2.05) is 19.1 Å². The van der Waals surface area contributed by atoms with Gasteiger partial charge in [0.1, 0.15) is 0 Å². The van der Waals surface area contributed by atoms with Gasteiger partial charge in [-0.1, -0.05) is 26.8 Å². The molecule has 0 aliphatic rings. The minimum atomic E-state index is -0.535. The number of thiazole rings is 1. The summed E-state index contributed by atoms with van der Waals surface area (Å²) in [5.41, 5.74) is 2.91. The zero-order valence-electron chi connectivity index (χ0n) is 11.8. The molecule has 0 spiro atoms. The van der Waals surface area contributed by atoms with Crippen molar-refractivity contribution in [3.05, 3.63) is 45.7 Å². The Labute approximate surface area is 118 Å². The third-order valence-corrected chi connectivity index (χ3v) is 3.97. The Morgan fingerprint density at radius 2 is 2.11 bits per heavy atom. The van der Waals surface area contributed by atoms with Crippen LogP contribution >= 0.6 is 11.3 Å². The van der Waals surface area contributed by atoms with E-state index in [0.29, 0.717) is 6.42 Å². The lowest BCUT2D eigenvalue weighted by atomic mass is 9.93. The van der Waals surface area contributed by atoms with Crippen LogP contribution in [-0.2, 0) is 11.8 Å². The number of nitrogens with zero attached hydrogens (tertiary/aromatic N) is 2. The summed E-state index contributed by atoms with van der Waals surface area (Å²) in [4.78, 5) is 8.82. The van der Waals surface area contributed by atoms with Crippen LogP contribution in [0.3, 0.4) is 0 Å². The van der Waals surface area contributed by atoms with E-state index in [1.165, 1.54) is 0 Å². The van der Waals surface area contributed by atoms with Gasteiger partial charge in [0.05, 0.1) is 16.8 Å². The summed E-state index contributed by atoms with van der Waals surface area (Å²) in [5, 5.41) is 13.3. The molecule has 0 amide bonds. The Hall–Kier alpha value is -1.26. The average Bonchev–Trinajstić information content (AvgIpc) is 2.77. The maximum Gasteiger partial charge on any atom is 0.0957 e. The molecule has 2 aromatic heterocycles. The molecule has 1 atom stereocenters. The van der Waals surface area contributed by atoms with E-state index in [0.717, 1.165) is 22.0 Å². The van der Waals surface area contributed by atoms with Crippen LogP contribution in [0.1, 0.15) is 48.8 Å². The minimum absolute atomic E-state index is 0.0594. The molecular formula is C15H20N2OS. The number of aliphatic hydroxyl groups excluding tert-OH is 1. The fourth-order valence-electron chi connectivity index (χ4n) is 1.87. The van der Waals surface area contributed by atoms with E-state index in [1.54, 1.807) is 17.5 Å². The third kappa shape index (κ3) is 3.39. The molecule has 19 heavy (non-hydrogen) atoms. The number of hydrogen-bond donors (Lipinski definition) is 1. The van der Waals surface area contributed by atoms with Crippen LogP contribution in [-0.4, -0.2) is 15.1 Å². The van der Waals surface area contributed by atoms with E-state index >= 15 is 0 Å². The summed E-state index contributed by atoms with van der Waals surface area (Å²) in [6.07, 6.45) is 1.76. The summed E-state index contributed by atoms with van der Waals surface area (Å²) >= 11 is 1.61. The second kappa shape index (κ2) is 5.39. The smallest absolute Gasteiger partial charge is 0.0957 e. The molecule has 0 aromatic carbocycles. The van der Waals surface area contributed by atoms with Gasteiger partial charge in [0.15, 0.2) is 0 Å². The Balaban J connectivity index is 2.14. The Morgan fingerprint density at radius 3 is 2.68 bits per heavy atom. The Kier molecular flexibility index (Phi) is 4.02. The molecule has 0 saturated carbocycles.